The minimum atomic E-state index is -3.72. The number of anilines is 1. The number of hydrogen-bond donors (Lipinski definition) is 2. The number of nitrogen functional groups attached to an aromatic ring is 1. The smallest absolute Gasteiger partial charge is 0.244 e. The van der Waals surface area contributed by atoms with Crippen molar-refractivity contribution in [3.05, 3.63) is 22.2 Å². The third-order valence-corrected chi connectivity index (χ3v) is 5.43. The minimum absolute atomic E-state index is 0.0312. The standard InChI is InChI=1S/C12H17Cl2N3O2S/c13-9-7-10(14)12(11(15)8-9)20(18,19)16-3-6-17-4-1-2-5-17/h7-8,16H,1-6,15H2. The van der Waals surface area contributed by atoms with E-state index in [9.17, 15) is 8.42 Å². The number of benzene rings is 1. The fraction of sp³-hybridized carbons (Fsp3) is 0.500. The van der Waals surface area contributed by atoms with Gasteiger partial charge >= 0.3 is 0 Å². The molecule has 2 rings (SSSR count). The second-order valence-corrected chi connectivity index (χ2v) is 7.30. The molecule has 1 heterocycles. The lowest BCUT2D eigenvalue weighted by Gasteiger charge is -2.16. The van der Waals surface area contributed by atoms with Crippen LogP contribution in [0.25, 0.3) is 0 Å². The highest BCUT2D eigenvalue weighted by molar-refractivity contribution is 7.89. The van der Waals surface area contributed by atoms with Crippen molar-refractivity contribution >= 4 is 38.9 Å². The van der Waals surface area contributed by atoms with Crippen LogP contribution in [0.3, 0.4) is 0 Å². The van der Waals surface area contributed by atoms with E-state index in [1.165, 1.54) is 25.0 Å². The Balaban J connectivity index is 2.06. The van der Waals surface area contributed by atoms with Gasteiger partial charge in [0.25, 0.3) is 0 Å². The normalized spacial score (nSPS) is 16.7. The molecular weight excluding hydrogens is 321 g/mol. The lowest BCUT2D eigenvalue weighted by molar-refractivity contribution is 0.344. The fourth-order valence-electron chi connectivity index (χ4n) is 2.28. The fourth-order valence-corrected chi connectivity index (χ4v) is 4.28. The van der Waals surface area contributed by atoms with Gasteiger partial charge in [0.2, 0.25) is 10.0 Å². The van der Waals surface area contributed by atoms with Gasteiger partial charge in [0.1, 0.15) is 4.90 Å². The summed E-state index contributed by atoms with van der Waals surface area (Å²) in [6.07, 6.45) is 2.34. The zero-order chi connectivity index (χ0) is 14.8. The zero-order valence-corrected chi connectivity index (χ0v) is 13.2. The van der Waals surface area contributed by atoms with Gasteiger partial charge in [0, 0.05) is 18.1 Å². The quantitative estimate of drug-likeness (QED) is 0.805. The van der Waals surface area contributed by atoms with Crippen molar-refractivity contribution in [2.24, 2.45) is 0 Å². The van der Waals surface area contributed by atoms with Crippen molar-refractivity contribution in [3.63, 3.8) is 0 Å². The highest BCUT2D eigenvalue weighted by Crippen LogP contribution is 2.30. The molecule has 0 amide bonds. The summed E-state index contributed by atoms with van der Waals surface area (Å²) >= 11 is 11.7. The molecule has 3 N–H and O–H groups in total. The van der Waals surface area contributed by atoms with E-state index in [1.54, 1.807) is 0 Å². The first-order valence-corrected chi connectivity index (χ1v) is 8.60. The molecule has 0 bridgehead atoms. The van der Waals surface area contributed by atoms with Crippen LogP contribution in [-0.4, -0.2) is 39.5 Å². The van der Waals surface area contributed by atoms with Crippen LogP contribution in [0.2, 0.25) is 10.0 Å². The van der Waals surface area contributed by atoms with Crippen molar-refractivity contribution in [2.75, 3.05) is 31.9 Å². The molecule has 0 aliphatic carbocycles. The Morgan fingerprint density at radius 3 is 2.50 bits per heavy atom. The average molecular weight is 338 g/mol. The summed E-state index contributed by atoms with van der Waals surface area (Å²) in [5.41, 5.74) is 5.76. The maximum atomic E-state index is 12.2. The van der Waals surface area contributed by atoms with Crippen molar-refractivity contribution in [2.45, 2.75) is 17.7 Å². The Labute approximate surface area is 129 Å². The van der Waals surface area contributed by atoms with Gasteiger partial charge in [0.15, 0.2) is 0 Å². The lowest BCUT2D eigenvalue weighted by atomic mass is 10.3. The molecule has 5 nitrogen and oxygen atoms in total. The predicted molar refractivity (Wildman–Crippen MR) is 81.7 cm³/mol. The van der Waals surface area contributed by atoms with E-state index in [0.29, 0.717) is 18.1 Å². The van der Waals surface area contributed by atoms with Crippen LogP contribution in [0.5, 0.6) is 0 Å². The molecule has 1 saturated heterocycles. The monoisotopic (exact) mass is 337 g/mol. The van der Waals surface area contributed by atoms with E-state index in [0.717, 1.165) is 13.1 Å². The molecule has 0 unspecified atom stereocenters. The molecule has 112 valence electrons. The van der Waals surface area contributed by atoms with Crippen LogP contribution in [0.15, 0.2) is 17.0 Å². The van der Waals surface area contributed by atoms with Gasteiger partial charge in [-0.05, 0) is 38.1 Å². The van der Waals surface area contributed by atoms with Gasteiger partial charge in [-0.1, -0.05) is 23.2 Å². The minimum Gasteiger partial charge on any atom is -0.398 e. The first-order valence-electron chi connectivity index (χ1n) is 6.37. The molecule has 0 spiro atoms. The lowest BCUT2D eigenvalue weighted by Crippen LogP contribution is -2.33. The summed E-state index contributed by atoms with van der Waals surface area (Å²) in [4.78, 5) is 2.11. The van der Waals surface area contributed by atoms with Crippen molar-refractivity contribution in [1.29, 1.82) is 0 Å². The Bertz CT molecular complexity index is 563. The Hall–Kier alpha value is -0.530. The van der Waals surface area contributed by atoms with Crippen molar-refractivity contribution in [3.8, 4) is 0 Å². The first-order chi connectivity index (χ1) is 9.40. The summed E-state index contributed by atoms with van der Waals surface area (Å²) in [6.45, 7) is 3.06. The summed E-state index contributed by atoms with van der Waals surface area (Å²) in [6, 6.07) is 2.75. The summed E-state index contributed by atoms with van der Waals surface area (Å²) in [5.74, 6) is 0. The molecule has 1 aliphatic rings. The summed E-state index contributed by atoms with van der Waals surface area (Å²) < 4.78 is 27.0. The third-order valence-electron chi connectivity index (χ3n) is 3.22. The van der Waals surface area contributed by atoms with E-state index < -0.39 is 10.0 Å². The molecule has 1 fully saturated rings. The van der Waals surface area contributed by atoms with E-state index in [4.69, 9.17) is 28.9 Å². The number of sulfonamides is 1. The zero-order valence-electron chi connectivity index (χ0n) is 10.9. The maximum Gasteiger partial charge on any atom is 0.244 e. The number of nitrogens with one attached hydrogen (secondary N) is 1. The Morgan fingerprint density at radius 1 is 1.25 bits per heavy atom. The van der Waals surface area contributed by atoms with Crippen LogP contribution in [0.4, 0.5) is 5.69 Å². The van der Waals surface area contributed by atoms with E-state index >= 15 is 0 Å². The number of rotatable bonds is 5. The van der Waals surface area contributed by atoms with Crippen molar-refractivity contribution in [1.82, 2.24) is 9.62 Å². The Morgan fingerprint density at radius 2 is 1.90 bits per heavy atom. The number of hydrogen-bond acceptors (Lipinski definition) is 4. The van der Waals surface area contributed by atoms with Gasteiger partial charge in [-0.3, -0.25) is 0 Å². The molecule has 0 aromatic heterocycles. The summed E-state index contributed by atoms with van der Waals surface area (Å²) in [7, 11) is -3.72. The van der Waals surface area contributed by atoms with Crippen LogP contribution in [0, 0.1) is 0 Å². The van der Waals surface area contributed by atoms with Crippen LogP contribution in [-0.2, 0) is 10.0 Å². The number of halogens is 2. The molecule has 20 heavy (non-hydrogen) atoms. The molecular formula is C12H17Cl2N3O2S. The van der Waals surface area contributed by atoms with Crippen LogP contribution in [0.1, 0.15) is 12.8 Å². The average Bonchev–Trinajstić information content (AvgIpc) is 2.79. The highest BCUT2D eigenvalue weighted by Gasteiger charge is 2.22. The number of nitrogens with zero attached hydrogens (tertiary/aromatic N) is 1. The molecule has 0 radical (unpaired) electrons. The molecule has 0 atom stereocenters. The number of likely N-dealkylation sites (tertiary alicyclic amines) is 1. The number of nitrogens with two attached hydrogens (primary N) is 1. The molecule has 1 aromatic carbocycles. The predicted octanol–water partition coefficient (Wildman–Crippen LogP) is 1.95. The van der Waals surface area contributed by atoms with Crippen LogP contribution >= 0.6 is 23.2 Å². The van der Waals surface area contributed by atoms with Gasteiger partial charge in [-0.25, -0.2) is 13.1 Å². The topological polar surface area (TPSA) is 75.4 Å². The third kappa shape index (κ3) is 3.77. The maximum absolute atomic E-state index is 12.2. The second kappa shape index (κ2) is 6.49. The van der Waals surface area contributed by atoms with E-state index in [1.807, 2.05) is 0 Å². The van der Waals surface area contributed by atoms with E-state index in [2.05, 4.69) is 9.62 Å². The molecule has 0 saturated carbocycles. The largest absolute Gasteiger partial charge is 0.398 e. The summed E-state index contributed by atoms with van der Waals surface area (Å²) in [5, 5.41) is 0.340. The molecule has 8 heteroatoms. The second-order valence-electron chi connectivity index (χ2n) is 4.75. The molecule has 1 aliphatic heterocycles. The Kier molecular flexibility index (Phi) is 5.14. The van der Waals surface area contributed by atoms with Gasteiger partial charge in [0.05, 0.1) is 10.7 Å². The van der Waals surface area contributed by atoms with E-state index in [-0.39, 0.29) is 15.6 Å². The van der Waals surface area contributed by atoms with Crippen molar-refractivity contribution < 1.29 is 8.42 Å². The van der Waals surface area contributed by atoms with Gasteiger partial charge in [-0.15, -0.1) is 0 Å². The first kappa shape index (κ1) is 15.9. The van der Waals surface area contributed by atoms with Gasteiger partial charge < -0.3 is 10.6 Å². The van der Waals surface area contributed by atoms with Crippen LogP contribution < -0.4 is 10.5 Å². The molecule has 1 aromatic rings. The SMILES string of the molecule is Nc1cc(Cl)cc(Cl)c1S(=O)(=O)NCCN1CCCC1. The highest BCUT2D eigenvalue weighted by atomic mass is 35.5. The van der Waals surface area contributed by atoms with Gasteiger partial charge in [-0.2, -0.15) is 0 Å².